The Morgan fingerprint density at radius 3 is 2.76 bits per heavy atom. The average molecular weight is 305 g/mol. The predicted molar refractivity (Wildman–Crippen MR) is 92.9 cm³/mol. The van der Waals surface area contributed by atoms with Crippen molar-refractivity contribution < 1.29 is 0 Å². The van der Waals surface area contributed by atoms with Crippen LogP contribution in [0.1, 0.15) is 38.3 Å². The minimum atomic E-state index is 0.554. The van der Waals surface area contributed by atoms with E-state index >= 15 is 0 Å². The first kappa shape index (κ1) is 15.4. The molecule has 2 aliphatic heterocycles. The van der Waals surface area contributed by atoms with Crippen molar-refractivity contribution in [1.29, 1.82) is 0 Å². The molecule has 0 aromatic heterocycles. The lowest BCUT2D eigenvalue weighted by Gasteiger charge is -2.44. The summed E-state index contributed by atoms with van der Waals surface area (Å²) in [5.41, 5.74) is 1.48. The molecule has 0 spiro atoms. The lowest BCUT2D eigenvalue weighted by Crippen LogP contribution is -2.55. The zero-order valence-electron chi connectivity index (χ0n) is 13.3. The summed E-state index contributed by atoms with van der Waals surface area (Å²) >= 11 is 2.13. The van der Waals surface area contributed by atoms with Gasteiger partial charge >= 0.3 is 0 Å². The summed E-state index contributed by atoms with van der Waals surface area (Å²) in [5, 5.41) is 3.80. The molecule has 0 saturated carbocycles. The van der Waals surface area contributed by atoms with Gasteiger partial charge in [0.1, 0.15) is 0 Å². The first-order valence-electron chi connectivity index (χ1n) is 8.36. The Bertz CT molecular complexity index is 428. The molecule has 3 rings (SSSR count). The van der Waals surface area contributed by atoms with Gasteiger partial charge in [-0.25, -0.2) is 0 Å². The van der Waals surface area contributed by atoms with E-state index in [2.05, 4.69) is 66.2 Å². The second kappa shape index (κ2) is 7.17. The molecule has 2 nitrogen and oxygen atoms in total. The summed E-state index contributed by atoms with van der Waals surface area (Å²) in [6, 6.07) is 13.1. The van der Waals surface area contributed by atoms with Crippen molar-refractivity contribution >= 4 is 11.8 Å². The number of hydrogen-bond acceptors (Lipinski definition) is 3. The van der Waals surface area contributed by atoms with E-state index in [-0.39, 0.29) is 0 Å². The monoisotopic (exact) mass is 304 g/mol. The third-order valence-electron chi connectivity index (χ3n) is 4.75. The molecule has 2 saturated heterocycles. The molecule has 0 radical (unpaired) electrons. The molecule has 3 atom stereocenters. The molecule has 116 valence electrons. The summed E-state index contributed by atoms with van der Waals surface area (Å²) in [4.78, 5) is 2.80. The fraction of sp³-hybridized carbons (Fsp3) is 0.667. The summed E-state index contributed by atoms with van der Waals surface area (Å²) in [7, 11) is 0. The van der Waals surface area contributed by atoms with Gasteiger partial charge in [-0.3, -0.25) is 4.90 Å². The summed E-state index contributed by atoms with van der Waals surface area (Å²) < 4.78 is 0. The lowest BCUT2D eigenvalue weighted by molar-refractivity contribution is 0.0855. The smallest absolute Gasteiger partial charge is 0.0476 e. The molecule has 2 fully saturated rings. The molecule has 21 heavy (non-hydrogen) atoms. The zero-order valence-corrected chi connectivity index (χ0v) is 14.1. The molecular formula is C18H28N2S. The van der Waals surface area contributed by atoms with E-state index in [1.54, 1.807) is 0 Å². The zero-order chi connectivity index (χ0) is 14.7. The Balaban J connectivity index is 1.75. The molecule has 0 bridgehead atoms. The Morgan fingerprint density at radius 2 is 2.10 bits per heavy atom. The molecule has 1 aromatic carbocycles. The van der Waals surface area contributed by atoms with E-state index in [4.69, 9.17) is 0 Å². The number of nitrogens with one attached hydrogen (secondary N) is 1. The summed E-state index contributed by atoms with van der Waals surface area (Å²) in [6.45, 7) is 6.98. The van der Waals surface area contributed by atoms with Crippen molar-refractivity contribution in [2.45, 2.75) is 44.8 Å². The summed E-state index contributed by atoms with van der Waals surface area (Å²) in [5.74, 6) is 3.43. The second-order valence-corrected chi connectivity index (χ2v) is 8.03. The van der Waals surface area contributed by atoms with E-state index in [0.717, 1.165) is 18.5 Å². The van der Waals surface area contributed by atoms with E-state index < -0.39 is 0 Å². The quantitative estimate of drug-likeness (QED) is 0.916. The predicted octanol–water partition coefficient (Wildman–Crippen LogP) is 3.55. The van der Waals surface area contributed by atoms with E-state index in [1.165, 1.54) is 36.5 Å². The minimum Gasteiger partial charge on any atom is -0.311 e. The van der Waals surface area contributed by atoms with Crippen molar-refractivity contribution in [3.05, 3.63) is 35.9 Å². The van der Waals surface area contributed by atoms with Crippen LogP contribution in [-0.4, -0.2) is 41.6 Å². The largest absolute Gasteiger partial charge is 0.311 e. The standard InChI is InChI=1S/C18H28N2S/c1-14(2)10-16-12-20(17-8-9-21-13-17)18(11-19-16)15-6-4-3-5-7-15/h3-7,14,16-19H,8-13H2,1-2H3. The highest BCUT2D eigenvalue weighted by molar-refractivity contribution is 7.99. The van der Waals surface area contributed by atoms with Crippen molar-refractivity contribution in [3.63, 3.8) is 0 Å². The maximum atomic E-state index is 3.80. The van der Waals surface area contributed by atoms with Crippen molar-refractivity contribution in [3.8, 4) is 0 Å². The second-order valence-electron chi connectivity index (χ2n) is 6.88. The van der Waals surface area contributed by atoms with Crippen LogP contribution < -0.4 is 5.32 Å². The van der Waals surface area contributed by atoms with Gasteiger partial charge in [-0.2, -0.15) is 11.8 Å². The average Bonchev–Trinajstić information content (AvgIpc) is 3.01. The van der Waals surface area contributed by atoms with Crippen LogP contribution in [0.4, 0.5) is 0 Å². The van der Waals surface area contributed by atoms with Gasteiger partial charge in [0.25, 0.3) is 0 Å². The highest BCUT2D eigenvalue weighted by Gasteiger charge is 2.35. The van der Waals surface area contributed by atoms with Gasteiger partial charge in [0, 0.05) is 37.0 Å². The van der Waals surface area contributed by atoms with E-state index in [9.17, 15) is 0 Å². The molecule has 2 heterocycles. The molecule has 2 aliphatic rings. The van der Waals surface area contributed by atoms with Crippen LogP contribution in [0.3, 0.4) is 0 Å². The van der Waals surface area contributed by atoms with Gasteiger partial charge in [-0.05, 0) is 30.1 Å². The number of thioether (sulfide) groups is 1. The number of rotatable bonds is 4. The number of benzene rings is 1. The molecule has 0 aliphatic carbocycles. The van der Waals surface area contributed by atoms with Crippen LogP contribution in [0.2, 0.25) is 0 Å². The maximum absolute atomic E-state index is 3.80. The molecule has 1 N–H and O–H groups in total. The third kappa shape index (κ3) is 3.82. The number of hydrogen-bond donors (Lipinski definition) is 1. The molecule has 3 unspecified atom stereocenters. The van der Waals surface area contributed by atoms with Crippen LogP contribution in [0, 0.1) is 5.92 Å². The summed E-state index contributed by atoms with van der Waals surface area (Å²) in [6.07, 6.45) is 2.65. The van der Waals surface area contributed by atoms with Gasteiger partial charge in [-0.1, -0.05) is 44.2 Å². The first-order chi connectivity index (χ1) is 10.2. The van der Waals surface area contributed by atoms with Crippen LogP contribution in [-0.2, 0) is 0 Å². The molecule has 0 amide bonds. The Morgan fingerprint density at radius 1 is 1.29 bits per heavy atom. The number of piperazine rings is 1. The normalized spacial score (nSPS) is 30.9. The van der Waals surface area contributed by atoms with Gasteiger partial charge in [0.2, 0.25) is 0 Å². The van der Waals surface area contributed by atoms with Crippen LogP contribution in [0.5, 0.6) is 0 Å². The van der Waals surface area contributed by atoms with Crippen molar-refractivity contribution in [2.75, 3.05) is 24.6 Å². The highest BCUT2D eigenvalue weighted by atomic mass is 32.2. The SMILES string of the molecule is CC(C)CC1CN(C2CCSC2)C(c2ccccc2)CN1. The first-order valence-corrected chi connectivity index (χ1v) is 9.51. The van der Waals surface area contributed by atoms with Crippen LogP contribution in [0.15, 0.2) is 30.3 Å². The van der Waals surface area contributed by atoms with Gasteiger partial charge in [0.15, 0.2) is 0 Å². The lowest BCUT2D eigenvalue weighted by atomic mass is 9.95. The molecule has 3 heteroatoms. The Labute approximate surface area is 133 Å². The van der Waals surface area contributed by atoms with Crippen LogP contribution in [0.25, 0.3) is 0 Å². The fourth-order valence-corrected chi connectivity index (χ4v) is 4.98. The van der Waals surface area contributed by atoms with E-state index in [0.29, 0.717) is 12.1 Å². The Kier molecular flexibility index (Phi) is 5.25. The minimum absolute atomic E-state index is 0.554. The third-order valence-corrected chi connectivity index (χ3v) is 5.89. The highest BCUT2D eigenvalue weighted by Crippen LogP contribution is 2.32. The van der Waals surface area contributed by atoms with E-state index in [1.807, 2.05) is 0 Å². The van der Waals surface area contributed by atoms with Crippen molar-refractivity contribution in [2.24, 2.45) is 5.92 Å². The molecular weight excluding hydrogens is 276 g/mol. The van der Waals surface area contributed by atoms with Crippen molar-refractivity contribution in [1.82, 2.24) is 10.2 Å². The van der Waals surface area contributed by atoms with Gasteiger partial charge < -0.3 is 5.32 Å². The fourth-order valence-electron chi connectivity index (χ4n) is 3.74. The van der Waals surface area contributed by atoms with Crippen LogP contribution >= 0.6 is 11.8 Å². The maximum Gasteiger partial charge on any atom is 0.0476 e. The van der Waals surface area contributed by atoms with Gasteiger partial charge in [0.05, 0.1) is 0 Å². The topological polar surface area (TPSA) is 15.3 Å². The Hall–Kier alpha value is -0.510. The molecule has 1 aromatic rings. The number of nitrogens with zero attached hydrogens (tertiary/aromatic N) is 1. The van der Waals surface area contributed by atoms with Gasteiger partial charge in [-0.15, -0.1) is 0 Å².